The Balaban J connectivity index is 1.35. The molecule has 2 aromatic heterocycles. The third-order valence-corrected chi connectivity index (χ3v) is 6.15. The number of anilines is 2. The summed E-state index contributed by atoms with van der Waals surface area (Å²) in [5.74, 6) is 0.143. The van der Waals surface area contributed by atoms with Crippen LogP contribution in [0.5, 0.6) is 5.75 Å². The number of primary amides is 1. The predicted molar refractivity (Wildman–Crippen MR) is 106 cm³/mol. The molecule has 1 aliphatic heterocycles. The van der Waals surface area contributed by atoms with Gasteiger partial charge in [-0.05, 0) is 12.1 Å². The van der Waals surface area contributed by atoms with Gasteiger partial charge in [0.2, 0.25) is 11.8 Å². The minimum atomic E-state index is -0.443. The maximum absolute atomic E-state index is 12.4. The number of nitrogens with one attached hydrogen (secondary N) is 1. The van der Waals surface area contributed by atoms with Crippen LogP contribution in [-0.2, 0) is 16.0 Å². The molecule has 8 nitrogen and oxygen atoms in total. The molecule has 0 saturated carbocycles. The molecule has 3 heterocycles. The second kappa shape index (κ2) is 7.12. The SMILES string of the molecule is COc1ccc2sc(N3CC(C(=O)Nc4nc(CC(N)=O)cs4)C3)nc2c1. The lowest BCUT2D eigenvalue weighted by Crippen LogP contribution is -2.52. The largest absolute Gasteiger partial charge is 0.497 e. The molecular formula is C17H17N5O3S2. The van der Waals surface area contributed by atoms with Crippen LogP contribution in [0.3, 0.4) is 0 Å². The zero-order chi connectivity index (χ0) is 19.0. The van der Waals surface area contributed by atoms with Crippen LogP contribution < -0.4 is 20.7 Å². The summed E-state index contributed by atoms with van der Waals surface area (Å²) in [6, 6.07) is 5.81. The third kappa shape index (κ3) is 3.71. The van der Waals surface area contributed by atoms with E-state index < -0.39 is 5.91 Å². The van der Waals surface area contributed by atoms with E-state index in [1.54, 1.807) is 23.8 Å². The Hall–Kier alpha value is -2.72. The number of benzene rings is 1. The summed E-state index contributed by atoms with van der Waals surface area (Å²) < 4.78 is 6.31. The molecule has 27 heavy (non-hydrogen) atoms. The van der Waals surface area contributed by atoms with Crippen molar-refractivity contribution in [2.45, 2.75) is 6.42 Å². The molecule has 2 amide bonds. The molecule has 1 aromatic carbocycles. The number of methoxy groups -OCH3 is 1. The number of thiazole rings is 2. The lowest BCUT2D eigenvalue weighted by atomic mass is 10.0. The predicted octanol–water partition coefficient (Wildman–Crippen LogP) is 1.86. The fourth-order valence-corrected chi connectivity index (χ4v) is 4.47. The van der Waals surface area contributed by atoms with E-state index in [1.165, 1.54) is 11.3 Å². The highest BCUT2D eigenvalue weighted by molar-refractivity contribution is 7.22. The smallest absolute Gasteiger partial charge is 0.232 e. The van der Waals surface area contributed by atoms with Gasteiger partial charge in [-0.25, -0.2) is 9.97 Å². The van der Waals surface area contributed by atoms with E-state index >= 15 is 0 Å². The highest BCUT2D eigenvalue weighted by Gasteiger charge is 2.34. The molecule has 0 atom stereocenters. The van der Waals surface area contributed by atoms with Crippen molar-refractivity contribution in [2.75, 3.05) is 30.4 Å². The first-order chi connectivity index (χ1) is 13.0. The molecule has 0 bridgehead atoms. The molecule has 10 heteroatoms. The Kier molecular flexibility index (Phi) is 4.66. The molecule has 1 saturated heterocycles. The average molecular weight is 403 g/mol. The summed E-state index contributed by atoms with van der Waals surface area (Å²) in [4.78, 5) is 34.2. The summed E-state index contributed by atoms with van der Waals surface area (Å²) in [7, 11) is 1.63. The summed E-state index contributed by atoms with van der Waals surface area (Å²) in [5, 5.41) is 5.92. The fraction of sp³-hybridized carbons (Fsp3) is 0.294. The molecule has 1 aliphatic rings. The van der Waals surface area contributed by atoms with Crippen LogP contribution >= 0.6 is 22.7 Å². The van der Waals surface area contributed by atoms with Crippen molar-refractivity contribution in [2.24, 2.45) is 11.7 Å². The van der Waals surface area contributed by atoms with E-state index in [-0.39, 0.29) is 18.2 Å². The first kappa shape index (κ1) is 17.7. The minimum absolute atomic E-state index is 0.0750. The van der Waals surface area contributed by atoms with Crippen LogP contribution in [0.2, 0.25) is 0 Å². The lowest BCUT2D eigenvalue weighted by molar-refractivity contribution is -0.120. The Morgan fingerprint density at radius 1 is 1.37 bits per heavy atom. The second-order valence-corrected chi connectivity index (χ2v) is 8.08. The molecule has 0 spiro atoms. The third-order valence-electron chi connectivity index (χ3n) is 4.24. The number of fused-ring (bicyclic) bond motifs is 1. The molecule has 0 aliphatic carbocycles. The summed E-state index contributed by atoms with van der Waals surface area (Å²) in [6.07, 6.45) is 0.0754. The molecule has 140 valence electrons. The van der Waals surface area contributed by atoms with Crippen molar-refractivity contribution in [1.29, 1.82) is 0 Å². The number of aromatic nitrogens is 2. The average Bonchev–Trinajstić information content (AvgIpc) is 3.18. The van der Waals surface area contributed by atoms with Gasteiger partial charge in [0.25, 0.3) is 0 Å². The second-order valence-electron chi connectivity index (χ2n) is 6.21. The molecule has 0 radical (unpaired) electrons. The Bertz CT molecular complexity index is 1010. The maximum atomic E-state index is 12.4. The van der Waals surface area contributed by atoms with Crippen molar-refractivity contribution in [3.05, 3.63) is 29.3 Å². The highest BCUT2D eigenvalue weighted by atomic mass is 32.1. The van der Waals surface area contributed by atoms with Gasteiger partial charge in [0.1, 0.15) is 5.75 Å². The topological polar surface area (TPSA) is 110 Å². The molecule has 1 fully saturated rings. The molecule has 4 rings (SSSR count). The monoisotopic (exact) mass is 403 g/mol. The molecule has 0 unspecified atom stereocenters. The Labute approximate surface area is 163 Å². The summed E-state index contributed by atoms with van der Waals surface area (Å²) in [6.45, 7) is 1.23. The van der Waals surface area contributed by atoms with Crippen LogP contribution in [0, 0.1) is 5.92 Å². The van der Waals surface area contributed by atoms with Crippen molar-refractivity contribution >= 4 is 55.0 Å². The summed E-state index contributed by atoms with van der Waals surface area (Å²) >= 11 is 2.89. The van der Waals surface area contributed by atoms with Gasteiger partial charge >= 0.3 is 0 Å². The zero-order valence-corrected chi connectivity index (χ0v) is 16.1. The Morgan fingerprint density at radius 2 is 2.19 bits per heavy atom. The normalized spacial score (nSPS) is 14.2. The van der Waals surface area contributed by atoms with Gasteiger partial charge in [0, 0.05) is 24.5 Å². The van der Waals surface area contributed by atoms with Gasteiger partial charge < -0.3 is 20.7 Å². The quantitative estimate of drug-likeness (QED) is 0.650. The lowest BCUT2D eigenvalue weighted by Gasteiger charge is -2.37. The number of carbonyl (C=O) groups excluding carboxylic acids is 2. The van der Waals surface area contributed by atoms with Crippen LogP contribution in [0.15, 0.2) is 23.6 Å². The van der Waals surface area contributed by atoms with Crippen LogP contribution in [0.1, 0.15) is 5.69 Å². The first-order valence-corrected chi connectivity index (χ1v) is 9.94. The molecule has 3 aromatic rings. The highest BCUT2D eigenvalue weighted by Crippen LogP contribution is 2.34. The number of rotatable bonds is 6. The number of amides is 2. The number of nitrogens with two attached hydrogens (primary N) is 1. The number of carbonyl (C=O) groups is 2. The maximum Gasteiger partial charge on any atom is 0.232 e. The van der Waals surface area contributed by atoms with Crippen LogP contribution in [0.4, 0.5) is 10.3 Å². The van der Waals surface area contributed by atoms with E-state index in [0.717, 1.165) is 21.1 Å². The number of hydrogen-bond donors (Lipinski definition) is 2. The van der Waals surface area contributed by atoms with Crippen LogP contribution in [-0.4, -0.2) is 42.0 Å². The zero-order valence-electron chi connectivity index (χ0n) is 14.5. The van der Waals surface area contributed by atoms with Gasteiger partial charge in [-0.2, -0.15) is 0 Å². The number of ether oxygens (including phenoxy) is 1. The van der Waals surface area contributed by atoms with E-state index in [4.69, 9.17) is 10.5 Å². The van der Waals surface area contributed by atoms with Crippen molar-refractivity contribution in [3.8, 4) is 5.75 Å². The van der Waals surface area contributed by atoms with Gasteiger partial charge in [-0.1, -0.05) is 11.3 Å². The minimum Gasteiger partial charge on any atom is -0.497 e. The van der Waals surface area contributed by atoms with Crippen molar-refractivity contribution in [1.82, 2.24) is 9.97 Å². The number of nitrogens with zero attached hydrogens (tertiary/aromatic N) is 3. The molecule has 3 N–H and O–H groups in total. The van der Waals surface area contributed by atoms with E-state index in [2.05, 4.69) is 20.2 Å². The van der Waals surface area contributed by atoms with Gasteiger partial charge in [-0.3, -0.25) is 9.59 Å². The van der Waals surface area contributed by atoms with Gasteiger partial charge in [0.15, 0.2) is 10.3 Å². The van der Waals surface area contributed by atoms with Crippen molar-refractivity contribution in [3.63, 3.8) is 0 Å². The van der Waals surface area contributed by atoms with E-state index in [9.17, 15) is 9.59 Å². The van der Waals surface area contributed by atoms with Gasteiger partial charge in [-0.15, -0.1) is 11.3 Å². The van der Waals surface area contributed by atoms with Crippen LogP contribution in [0.25, 0.3) is 10.2 Å². The van der Waals surface area contributed by atoms with Crippen molar-refractivity contribution < 1.29 is 14.3 Å². The Morgan fingerprint density at radius 3 is 2.93 bits per heavy atom. The standard InChI is InChI=1S/C17H17N5O3S2/c1-25-11-2-3-13-12(5-11)20-17(27-13)22-6-9(7-22)15(24)21-16-19-10(8-26-16)4-14(18)23/h2-3,5,8-9H,4,6-7H2,1H3,(H2,18,23)(H,19,21,24). The summed E-state index contributed by atoms with van der Waals surface area (Å²) in [5.41, 5.74) is 6.62. The first-order valence-electron chi connectivity index (χ1n) is 8.25. The van der Waals surface area contributed by atoms with Gasteiger partial charge in [0.05, 0.1) is 35.4 Å². The van der Waals surface area contributed by atoms with E-state index in [1.807, 2.05) is 18.2 Å². The van der Waals surface area contributed by atoms with E-state index in [0.29, 0.717) is 23.9 Å². The number of hydrogen-bond acceptors (Lipinski definition) is 8. The fourth-order valence-electron chi connectivity index (χ4n) is 2.79. The molecular weight excluding hydrogens is 386 g/mol.